The molecule has 0 N–H and O–H groups in total. The van der Waals surface area contributed by atoms with E-state index in [1.807, 2.05) is 13.8 Å². The molecule has 1 aliphatic heterocycles. The van der Waals surface area contributed by atoms with E-state index >= 15 is 0 Å². The lowest BCUT2D eigenvalue weighted by Gasteiger charge is -2.38. The molecular formula is C16H20F2N4O3. The Kier molecular flexibility index (Phi) is 4.96. The zero-order valence-electron chi connectivity index (χ0n) is 14.1. The third kappa shape index (κ3) is 4.29. The number of alkyl halides is 2. The Morgan fingerprint density at radius 3 is 2.76 bits per heavy atom. The summed E-state index contributed by atoms with van der Waals surface area (Å²) in [6, 6.07) is 2.92. The molecule has 25 heavy (non-hydrogen) atoms. The van der Waals surface area contributed by atoms with Crippen molar-refractivity contribution in [1.29, 1.82) is 0 Å². The highest BCUT2D eigenvalue weighted by molar-refractivity contribution is 5.50. The number of pyridine rings is 1. The Labute approximate surface area is 143 Å². The fraction of sp³-hybridized carbons (Fsp3) is 0.562. The summed E-state index contributed by atoms with van der Waals surface area (Å²) in [5, 5.41) is 6.81. The molecule has 0 aliphatic carbocycles. The van der Waals surface area contributed by atoms with Crippen LogP contribution in [0, 0.1) is 0 Å². The van der Waals surface area contributed by atoms with Gasteiger partial charge in [0, 0.05) is 44.0 Å². The van der Waals surface area contributed by atoms with Gasteiger partial charge in [0.15, 0.2) is 0 Å². The molecular weight excluding hydrogens is 334 g/mol. The number of nitrogens with zero attached hydrogens (tertiary/aromatic N) is 4. The zero-order chi connectivity index (χ0) is 18.0. The largest absolute Gasteiger partial charge is 0.415 e. The number of hydrogen-bond donors (Lipinski definition) is 0. The molecule has 1 fully saturated rings. The normalized spacial score (nSPS) is 18.0. The van der Waals surface area contributed by atoms with E-state index in [1.54, 1.807) is 16.8 Å². The number of hydrogen-bond acceptors (Lipinski definition) is 6. The van der Waals surface area contributed by atoms with E-state index < -0.39 is 12.3 Å². The second-order valence-corrected chi connectivity index (χ2v) is 6.58. The molecule has 9 heteroatoms. The molecule has 7 nitrogen and oxygen atoms in total. The lowest BCUT2D eigenvalue weighted by atomic mass is 10.1. The van der Waals surface area contributed by atoms with Crippen LogP contribution < -0.4 is 5.56 Å². The molecule has 1 aliphatic rings. The molecule has 0 bridgehead atoms. The Bertz CT molecular complexity index is 788. The molecule has 3 heterocycles. The first-order valence-corrected chi connectivity index (χ1v) is 8.03. The maximum atomic E-state index is 12.5. The Balaban J connectivity index is 1.66. The molecule has 0 atom stereocenters. The summed E-state index contributed by atoms with van der Waals surface area (Å²) >= 11 is 0. The molecule has 0 unspecified atom stereocenters. The highest BCUT2D eigenvalue weighted by atomic mass is 19.3. The lowest BCUT2D eigenvalue weighted by Crippen LogP contribution is -2.49. The van der Waals surface area contributed by atoms with Gasteiger partial charge >= 0.3 is 6.43 Å². The van der Waals surface area contributed by atoms with Crippen LogP contribution in [0.2, 0.25) is 0 Å². The number of rotatable bonds is 5. The molecule has 0 amide bonds. The minimum atomic E-state index is -2.83. The minimum Gasteiger partial charge on any atom is -0.415 e. The molecule has 2 aromatic heterocycles. The van der Waals surface area contributed by atoms with Crippen LogP contribution in [0.4, 0.5) is 8.78 Å². The quantitative estimate of drug-likeness (QED) is 0.817. The van der Waals surface area contributed by atoms with Crippen molar-refractivity contribution in [1.82, 2.24) is 19.7 Å². The maximum Gasteiger partial charge on any atom is 0.314 e. The predicted octanol–water partition coefficient (Wildman–Crippen LogP) is 1.95. The van der Waals surface area contributed by atoms with E-state index in [0.29, 0.717) is 18.7 Å². The summed E-state index contributed by atoms with van der Waals surface area (Å²) in [4.78, 5) is 14.5. The van der Waals surface area contributed by atoms with E-state index in [1.165, 1.54) is 6.07 Å². The first-order chi connectivity index (χ1) is 11.8. The summed E-state index contributed by atoms with van der Waals surface area (Å²) in [5.41, 5.74) is -0.108. The van der Waals surface area contributed by atoms with Crippen molar-refractivity contribution in [3.63, 3.8) is 0 Å². The molecule has 0 radical (unpaired) electrons. The molecule has 3 rings (SSSR count). The smallest absolute Gasteiger partial charge is 0.314 e. The van der Waals surface area contributed by atoms with Crippen LogP contribution in [0.5, 0.6) is 0 Å². The second-order valence-electron chi connectivity index (χ2n) is 6.58. The number of ether oxygens (including phenoxy) is 1. The van der Waals surface area contributed by atoms with Gasteiger partial charge < -0.3 is 13.7 Å². The summed E-state index contributed by atoms with van der Waals surface area (Å²) < 4.78 is 37.1. The first kappa shape index (κ1) is 17.7. The second kappa shape index (κ2) is 7.01. The van der Waals surface area contributed by atoms with Gasteiger partial charge in [-0.2, -0.15) is 8.78 Å². The van der Waals surface area contributed by atoms with Crippen LogP contribution in [0.15, 0.2) is 27.5 Å². The molecule has 2 aromatic rings. The van der Waals surface area contributed by atoms with Crippen LogP contribution in [0.1, 0.15) is 26.2 Å². The van der Waals surface area contributed by atoms with Gasteiger partial charge in [-0.25, -0.2) is 0 Å². The fourth-order valence-corrected chi connectivity index (χ4v) is 2.82. The predicted molar refractivity (Wildman–Crippen MR) is 85.4 cm³/mol. The van der Waals surface area contributed by atoms with Crippen molar-refractivity contribution >= 4 is 0 Å². The molecule has 0 spiro atoms. The molecule has 136 valence electrons. The summed E-state index contributed by atoms with van der Waals surface area (Å²) in [6.07, 6.45) is -1.23. The molecule has 1 saturated heterocycles. The van der Waals surface area contributed by atoms with Crippen LogP contribution >= 0.6 is 0 Å². The summed E-state index contributed by atoms with van der Waals surface area (Å²) in [7, 11) is 0. The average Bonchev–Trinajstić information content (AvgIpc) is 3.03. The van der Waals surface area contributed by atoms with Gasteiger partial charge in [-0.05, 0) is 19.9 Å². The van der Waals surface area contributed by atoms with Gasteiger partial charge in [0.1, 0.15) is 0 Å². The van der Waals surface area contributed by atoms with Crippen LogP contribution in [0.3, 0.4) is 0 Å². The van der Waals surface area contributed by atoms with Gasteiger partial charge in [-0.3, -0.25) is 9.69 Å². The number of aromatic nitrogens is 3. The van der Waals surface area contributed by atoms with Crippen molar-refractivity contribution in [3.05, 3.63) is 34.6 Å². The standard InChI is InChI=1S/C16H20F2N4O3/c1-16(2)10-21(7-8-24-16)5-6-22-4-3-11(9-12(22)23)14-19-20-15(25-14)13(17)18/h3-4,9,13H,5-8,10H2,1-2H3. The summed E-state index contributed by atoms with van der Waals surface area (Å²) in [6.45, 7) is 7.64. The Morgan fingerprint density at radius 1 is 1.32 bits per heavy atom. The van der Waals surface area contributed by atoms with Crippen molar-refractivity contribution < 1.29 is 17.9 Å². The van der Waals surface area contributed by atoms with Gasteiger partial charge in [-0.1, -0.05) is 0 Å². The van der Waals surface area contributed by atoms with E-state index in [4.69, 9.17) is 9.15 Å². The van der Waals surface area contributed by atoms with Crippen molar-refractivity contribution in [3.8, 4) is 11.5 Å². The number of halogens is 2. The van der Waals surface area contributed by atoms with E-state index in [0.717, 1.165) is 19.6 Å². The summed E-state index contributed by atoms with van der Waals surface area (Å²) in [5.74, 6) is -0.844. The third-order valence-electron chi connectivity index (χ3n) is 4.03. The highest BCUT2D eigenvalue weighted by Gasteiger charge is 2.26. The Morgan fingerprint density at radius 2 is 2.12 bits per heavy atom. The fourth-order valence-electron chi connectivity index (χ4n) is 2.82. The number of morpholine rings is 1. The molecule has 0 saturated carbocycles. The SMILES string of the molecule is CC1(C)CN(CCn2ccc(-c3nnc(C(F)F)o3)cc2=O)CCO1. The minimum absolute atomic E-state index is 0.0884. The zero-order valence-corrected chi connectivity index (χ0v) is 14.1. The van der Waals surface area contributed by atoms with Crippen molar-refractivity contribution in [2.24, 2.45) is 0 Å². The van der Waals surface area contributed by atoms with Gasteiger partial charge in [0.2, 0.25) is 5.89 Å². The van der Waals surface area contributed by atoms with Gasteiger partial charge in [0.25, 0.3) is 11.4 Å². The highest BCUT2D eigenvalue weighted by Crippen LogP contribution is 2.22. The van der Waals surface area contributed by atoms with E-state index in [2.05, 4.69) is 15.1 Å². The van der Waals surface area contributed by atoms with Gasteiger partial charge in [0.05, 0.1) is 12.2 Å². The maximum absolute atomic E-state index is 12.5. The van der Waals surface area contributed by atoms with Gasteiger partial charge in [-0.15, -0.1) is 10.2 Å². The van der Waals surface area contributed by atoms with Crippen LogP contribution in [-0.2, 0) is 11.3 Å². The van der Waals surface area contributed by atoms with E-state index in [-0.39, 0.29) is 17.1 Å². The monoisotopic (exact) mass is 354 g/mol. The topological polar surface area (TPSA) is 73.4 Å². The van der Waals surface area contributed by atoms with Crippen LogP contribution in [0.25, 0.3) is 11.5 Å². The third-order valence-corrected chi connectivity index (χ3v) is 4.03. The first-order valence-electron chi connectivity index (χ1n) is 8.03. The Hall–Kier alpha value is -2.13. The van der Waals surface area contributed by atoms with E-state index in [9.17, 15) is 13.6 Å². The average molecular weight is 354 g/mol. The van der Waals surface area contributed by atoms with Crippen molar-refractivity contribution in [2.75, 3.05) is 26.2 Å². The van der Waals surface area contributed by atoms with Crippen molar-refractivity contribution in [2.45, 2.75) is 32.4 Å². The molecule has 0 aromatic carbocycles. The van der Waals surface area contributed by atoms with Crippen LogP contribution in [-0.4, -0.2) is 51.5 Å². The lowest BCUT2D eigenvalue weighted by molar-refractivity contribution is -0.0864.